The number of carbonyl (C=O) groups is 2. The van der Waals surface area contributed by atoms with Crippen molar-refractivity contribution < 1.29 is 14.3 Å². The molecule has 164 valence electrons. The van der Waals surface area contributed by atoms with Gasteiger partial charge in [0.2, 0.25) is 5.91 Å². The Morgan fingerprint density at radius 3 is 2.72 bits per heavy atom. The van der Waals surface area contributed by atoms with Crippen molar-refractivity contribution >= 4 is 28.9 Å². The Morgan fingerprint density at radius 2 is 1.88 bits per heavy atom. The van der Waals surface area contributed by atoms with Crippen LogP contribution in [0.1, 0.15) is 36.9 Å². The fraction of sp³-hybridized carbons (Fsp3) is 0.360. The standard InChI is InChI=1S/C25H25N3O3S/c29-24(28-14-12-17-7-1-4-11-22(17)28)19-8-2-3-9-20(19)25(30)31-15-18-16-32-23(27-18)21-10-5-6-13-26-21/h1,4-7,10-11,13,16,19-20H,2-3,8-9,12,14-15H2. The SMILES string of the molecule is O=C(OCc1csc(-c2ccccn2)n1)C1CCCCC1C(=O)N1CCc2ccccc21. The van der Waals surface area contributed by atoms with Crippen LogP contribution in [0.3, 0.4) is 0 Å². The van der Waals surface area contributed by atoms with E-state index in [9.17, 15) is 9.59 Å². The van der Waals surface area contributed by atoms with E-state index in [0.717, 1.165) is 42.1 Å². The van der Waals surface area contributed by atoms with Crippen LogP contribution in [0.4, 0.5) is 5.69 Å². The smallest absolute Gasteiger partial charge is 0.310 e. The fourth-order valence-electron chi connectivity index (χ4n) is 4.71. The van der Waals surface area contributed by atoms with Gasteiger partial charge in [-0.15, -0.1) is 11.3 Å². The lowest BCUT2D eigenvalue weighted by atomic mass is 9.78. The average molecular weight is 448 g/mol. The highest BCUT2D eigenvalue weighted by Crippen LogP contribution is 2.36. The van der Waals surface area contributed by atoms with Gasteiger partial charge >= 0.3 is 5.97 Å². The largest absolute Gasteiger partial charge is 0.459 e. The van der Waals surface area contributed by atoms with E-state index in [-0.39, 0.29) is 24.4 Å². The highest BCUT2D eigenvalue weighted by molar-refractivity contribution is 7.13. The van der Waals surface area contributed by atoms with Gasteiger partial charge in [0, 0.05) is 23.8 Å². The number of benzene rings is 1. The van der Waals surface area contributed by atoms with E-state index >= 15 is 0 Å². The van der Waals surface area contributed by atoms with Gasteiger partial charge in [-0.1, -0.05) is 37.1 Å². The molecule has 1 fully saturated rings. The minimum Gasteiger partial charge on any atom is -0.459 e. The molecule has 5 rings (SSSR count). The van der Waals surface area contributed by atoms with Gasteiger partial charge in [0.05, 0.1) is 23.2 Å². The number of pyridine rings is 1. The summed E-state index contributed by atoms with van der Waals surface area (Å²) in [6.07, 6.45) is 5.94. The van der Waals surface area contributed by atoms with Crippen molar-refractivity contribution in [1.82, 2.24) is 9.97 Å². The number of anilines is 1. The van der Waals surface area contributed by atoms with Gasteiger partial charge in [0.25, 0.3) is 0 Å². The molecule has 2 aliphatic rings. The van der Waals surface area contributed by atoms with E-state index in [2.05, 4.69) is 16.0 Å². The number of hydrogen-bond donors (Lipinski definition) is 0. The molecule has 32 heavy (non-hydrogen) atoms. The lowest BCUT2D eigenvalue weighted by molar-refractivity contribution is -0.155. The molecule has 1 aromatic carbocycles. The molecular weight excluding hydrogens is 422 g/mol. The van der Waals surface area contributed by atoms with Crippen molar-refractivity contribution in [3.05, 3.63) is 65.3 Å². The van der Waals surface area contributed by atoms with Crippen LogP contribution in [0.25, 0.3) is 10.7 Å². The molecule has 0 spiro atoms. The monoisotopic (exact) mass is 447 g/mol. The number of hydrogen-bond acceptors (Lipinski definition) is 6. The molecule has 0 saturated heterocycles. The van der Waals surface area contributed by atoms with Crippen LogP contribution < -0.4 is 4.90 Å². The number of para-hydroxylation sites is 1. The summed E-state index contributed by atoms with van der Waals surface area (Å²) >= 11 is 1.48. The zero-order valence-corrected chi connectivity index (χ0v) is 18.6. The number of amides is 1. The van der Waals surface area contributed by atoms with Gasteiger partial charge in [-0.25, -0.2) is 4.98 Å². The number of fused-ring (bicyclic) bond motifs is 1. The Hall–Kier alpha value is -3.06. The van der Waals surface area contributed by atoms with Gasteiger partial charge in [0.15, 0.2) is 0 Å². The van der Waals surface area contributed by atoms with Gasteiger partial charge in [-0.3, -0.25) is 14.6 Å². The van der Waals surface area contributed by atoms with Crippen LogP contribution in [0.2, 0.25) is 0 Å². The molecule has 2 atom stereocenters. The normalized spacial score (nSPS) is 20.1. The van der Waals surface area contributed by atoms with Crippen LogP contribution in [0.5, 0.6) is 0 Å². The molecule has 1 saturated carbocycles. The zero-order chi connectivity index (χ0) is 21.9. The van der Waals surface area contributed by atoms with Crippen LogP contribution in [-0.4, -0.2) is 28.4 Å². The number of rotatable bonds is 5. The predicted octanol–water partition coefficient (Wildman–Crippen LogP) is 4.64. The number of thiazole rings is 1. The molecule has 1 aliphatic heterocycles. The highest BCUT2D eigenvalue weighted by atomic mass is 32.1. The second kappa shape index (κ2) is 9.20. The average Bonchev–Trinajstić information content (AvgIpc) is 3.50. The van der Waals surface area contributed by atoms with Crippen molar-refractivity contribution in [3.63, 3.8) is 0 Å². The van der Waals surface area contributed by atoms with Crippen molar-refractivity contribution in [3.8, 4) is 10.7 Å². The third kappa shape index (κ3) is 4.17. The molecular formula is C25H25N3O3S. The summed E-state index contributed by atoms with van der Waals surface area (Å²) in [6.45, 7) is 0.803. The Kier molecular flexibility index (Phi) is 5.99. The quantitative estimate of drug-likeness (QED) is 0.533. The first-order valence-corrected chi connectivity index (χ1v) is 12.0. The molecule has 1 amide bonds. The summed E-state index contributed by atoms with van der Waals surface area (Å²) < 4.78 is 5.64. The molecule has 0 radical (unpaired) electrons. The highest BCUT2D eigenvalue weighted by Gasteiger charge is 2.40. The summed E-state index contributed by atoms with van der Waals surface area (Å²) in [6, 6.07) is 13.7. The lowest BCUT2D eigenvalue weighted by Gasteiger charge is -2.32. The second-order valence-electron chi connectivity index (χ2n) is 8.33. The number of ether oxygens (including phenoxy) is 1. The Labute approximate surface area is 191 Å². The Morgan fingerprint density at radius 1 is 1.06 bits per heavy atom. The Bertz CT molecular complexity index is 1110. The summed E-state index contributed by atoms with van der Waals surface area (Å²) in [5, 5.41) is 2.69. The van der Waals surface area contributed by atoms with Crippen molar-refractivity contribution in [1.29, 1.82) is 0 Å². The number of carbonyl (C=O) groups excluding carboxylic acids is 2. The van der Waals surface area contributed by atoms with E-state index in [1.165, 1.54) is 16.9 Å². The van der Waals surface area contributed by atoms with Crippen LogP contribution in [-0.2, 0) is 27.4 Å². The predicted molar refractivity (Wildman–Crippen MR) is 123 cm³/mol. The molecule has 0 N–H and O–H groups in total. The minimum atomic E-state index is -0.391. The van der Waals surface area contributed by atoms with Crippen molar-refractivity contribution in [2.24, 2.45) is 11.8 Å². The lowest BCUT2D eigenvalue weighted by Crippen LogP contribution is -2.42. The zero-order valence-electron chi connectivity index (χ0n) is 17.8. The van der Waals surface area contributed by atoms with E-state index in [0.29, 0.717) is 18.7 Å². The molecule has 3 heterocycles. The van der Waals surface area contributed by atoms with Gasteiger partial charge in [0.1, 0.15) is 11.6 Å². The third-order valence-electron chi connectivity index (χ3n) is 6.34. The molecule has 2 unspecified atom stereocenters. The Balaban J connectivity index is 1.25. The first-order chi connectivity index (χ1) is 15.7. The molecule has 3 aromatic rings. The van der Waals surface area contributed by atoms with Crippen LogP contribution in [0, 0.1) is 11.8 Å². The molecule has 1 aliphatic carbocycles. The maximum absolute atomic E-state index is 13.4. The van der Waals surface area contributed by atoms with E-state index in [4.69, 9.17) is 4.74 Å². The second-order valence-corrected chi connectivity index (χ2v) is 9.19. The molecule has 2 aromatic heterocycles. The number of esters is 1. The number of nitrogens with zero attached hydrogens (tertiary/aromatic N) is 3. The summed E-state index contributed by atoms with van der Waals surface area (Å²) in [5.41, 5.74) is 3.69. The van der Waals surface area contributed by atoms with Gasteiger partial charge < -0.3 is 9.64 Å². The maximum Gasteiger partial charge on any atom is 0.310 e. The molecule has 7 heteroatoms. The molecule has 0 bridgehead atoms. The number of aromatic nitrogens is 2. The van der Waals surface area contributed by atoms with E-state index < -0.39 is 5.92 Å². The summed E-state index contributed by atoms with van der Waals surface area (Å²) in [7, 11) is 0. The fourth-order valence-corrected chi connectivity index (χ4v) is 5.49. The van der Waals surface area contributed by atoms with Crippen molar-refractivity contribution in [2.45, 2.75) is 38.7 Å². The maximum atomic E-state index is 13.4. The first kappa shape index (κ1) is 20.8. The summed E-state index contributed by atoms with van der Waals surface area (Å²) in [4.78, 5) is 37.1. The summed E-state index contributed by atoms with van der Waals surface area (Å²) in [5.74, 6) is -0.939. The first-order valence-electron chi connectivity index (χ1n) is 11.1. The van der Waals surface area contributed by atoms with E-state index in [1.807, 2.05) is 46.7 Å². The third-order valence-corrected chi connectivity index (χ3v) is 7.25. The van der Waals surface area contributed by atoms with Gasteiger partial charge in [-0.2, -0.15) is 0 Å². The van der Waals surface area contributed by atoms with Crippen molar-refractivity contribution in [2.75, 3.05) is 11.4 Å². The molecule has 6 nitrogen and oxygen atoms in total. The topological polar surface area (TPSA) is 72.4 Å². The van der Waals surface area contributed by atoms with Gasteiger partial charge in [-0.05, 0) is 43.0 Å². The van der Waals surface area contributed by atoms with Crippen LogP contribution >= 0.6 is 11.3 Å². The minimum absolute atomic E-state index is 0.0581. The van der Waals surface area contributed by atoms with E-state index in [1.54, 1.807) is 6.20 Å². The van der Waals surface area contributed by atoms with Crippen LogP contribution in [0.15, 0.2) is 54.0 Å².